The van der Waals surface area contributed by atoms with E-state index in [9.17, 15) is 0 Å². The molecule has 62 valence electrons. The number of hydrogen-bond acceptors (Lipinski definition) is 2. The van der Waals surface area contributed by atoms with Crippen molar-refractivity contribution in [2.24, 2.45) is 0 Å². The lowest BCUT2D eigenvalue weighted by Crippen LogP contribution is -2.07. The molecule has 10 heavy (non-hydrogen) atoms. The molecule has 0 aliphatic heterocycles. The van der Waals surface area contributed by atoms with Crippen LogP contribution < -0.4 is 0 Å². The van der Waals surface area contributed by atoms with Crippen LogP contribution in [0.4, 0.5) is 0 Å². The Morgan fingerprint density at radius 3 is 2.30 bits per heavy atom. The molecule has 1 atom stereocenters. The Hall–Kier alpha value is 0.210. The second kappa shape index (κ2) is 7.32. The molecule has 0 saturated heterocycles. The van der Waals surface area contributed by atoms with Crippen molar-refractivity contribution in [3.63, 3.8) is 0 Å². The van der Waals surface area contributed by atoms with Crippen molar-refractivity contribution in [2.75, 3.05) is 12.5 Å². The van der Waals surface area contributed by atoms with Gasteiger partial charge in [-0.15, -0.1) is 11.6 Å². The van der Waals surface area contributed by atoms with Crippen molar-refractivity contribution in [3.05, 3.63) is 0 Å². The van der Waals surface area contributed by atoms with Gasteiger partial charge in [0.15, 0.2) is 0 Å². The summed E-state index contributed by atoms with van der Waals surface area (Å²) < 4.78 is 0. The summed E-state index contributed by atoms with van der Waals surface area (Å²) in [5.74, 6) is 0.607. The molecule has 0 amide bonds. The molecule has 0 saturated carbocycles. The van der Waals surface area contributed by atoms with Gasteiger partial charge in [0, 0.05) is 12.5 Å². The van der Waals surface area contributed by atoms with E-state index in [-0.39, 0.29) is 12.7 Å². The highest BCUT2D eigenvalue weighted by atomic mass is 35.5. The molecule has 3 heteroatoms. The van der Waals surface area contributed by atoms with Crippen LogP contribution in [0, 0.1) is 0 Å². The normalized spacial score (nSPS) is 13.5. The zero-order chi connectivity index (χ0) is 7.82. The quantitative estimate of drug-likeness (QED) is 0.581. The molecular weight excluding hydrogens is 152 g/mol. The van der Waals surface area contributed by atoms with E-state index in [0.29, 0.717) is 18.7 Å². The van der Waals surface area contributed by atoms with Gasteiger partial charge in [-0.05, 0) is 25.7 Å². The van der Waals surface area contributed by atoms with Crippen LogP contribution in [0.25, 0.3) is 0 Å². The molecule has 0 heterocycles. The van der Waals surface area contributed by atoms with E-state index < -0.39 is 0 Å². The van der Waals surface area contributed by atoms with Gasteiger partial charge in [0.25, 0.3) is 0 Å². The molecular formula is C7H15ClO2. The van der Waals surface area contributed by atoms with Gasteiger partial charge in [-0.25, -0.2) is 0 Å². The first-order valence-electron chi connectivity index (χ1n) is 3.66. The highest BCUT2D eigenvalue weighted by Crippen LogP contribution is 2.04. The number of aliphatic hydroxyl groups excluding tert-OH is 2. The van der Waals surface area contributed by atoms with Gasteiger partial charge >= 0.3 is 0 Å². The van der Waals surface area contributed by atoms with Gasteiger partial charge in [0.05, 0.1) is 6.10 Å². The summed E-state index contributed by atoms with van der Waals surface area (Å²) in [4.78, 5) is 0. The van der Waals surface area contributed by atoms with Crippen molar-refractivity contribution in [2.45, 2.75) is 31.8 Å². The lowest BCUT2D eigenvalue weighted by atomic mass is 10.1. The number of alkyl halides is 1. The van der Waals surface area contributed by atoms with Crippen molar-refractivity contribution < 1.29 is 10.2 Å². The second-order valence-electron chi connectivity index (χ2n) is 2.35. The van der Waals surface area contributed by atoms with Crippen LogP contribution in [0.1, 0.15) is 25.7 Å². The molecule has 0 fully saturated rings. The third kappa shape index (κ3) is 6.33. The van der Waals surface area contributed by atoms with E-state index >= 15 is 0 Å². The lowest BCUT2D eigenvalue weighted by Gasteiger charge is -2.06. The van der Waals surface area contributed by atoms with Crippen molar-refractivity contribution >= 4 is 11.6 Å². The van der Waals surface area contributed by atoms with E-state index in [1.165, 1.54) is 0 Å². The van der Waals surface area contributed by atoms with Gasteiger partial charge in [-0.1, -0.05) is 0 Å². The molecule has 0 unspecified atom stereocenters. The highest BCUT2D eigenvalue weighted by Gasteiger charge is 2.01. The van der Waals surface area contributed by atoms with Gasteiger partial charge in [0.2, 0.25) is 0 Å². The van der Waals surface area contributed by atoms with Gasteiger partial charge in [-0.2, -0.15) is 0 Å². The Morgan fingerprint density at radius 1 is 1.20 bits per heavy atom. The molecule has 0 spiro atoms. The first-order chi connectivity index (χ1) is 4.81. The average Bonchev–Trinajstić information content (AvgIpc) is 1.97. The summed E-state index contributed by atoms with van der Waals surface area (Å²) in [7, 11) is 0. The number of hydrogen-bond donors (Lipinski definition) is 2. The molecule has 2 N–H and O–H groups in total. The molecule has 0 aliphatic carbocycles. The van der Waals surface area contributed by atoms with Crippen LogP contribution in [0.5, 0.6) is 0 Å². The molecule has 0 bridgehead atoms. The minimum absolute atomic E-state index is 0.165. The highest BCUT2D eigenvalue weighted by molar-refractivity contribution is 6.17. The molecule has 0 aromatic heterocycles. The third-order valence-electron chi connectivity index (χ3n) is 1.37. The molecule has 0 aromatic rings. The zero-order valence-corrected chi connectivity index (χ0v) is 6.85. The largest absolute Gasteiger partial charge is 0.396 e. The summed E-state index contributed by atoms with van der Waals surface area (Å²) in [6.45, 7) is 0.165. The summed E-state index contributed by atoms with van der Waals surface area (Å²) in [5.41, 5.74) is 0. The maximum absolute atomic E-state index is 9.14. The van der Waals surface area contributed by atoms with E-state index in [4.69, 9.17) is 21.8 Å². The monoisotopic (exact) mass is 166 g/mol. The Bertz CT molecular complexity index is 60.6. The number of rotatable bonds is 6. The summed E-state index contributed by atoms with van der Waals surface area (Å²) in [6, 6.07) is 0. The van der Waals surface area contributed by atoms with E-state index in [0.717, 1.165) is 12.8 Å². The number of aliphatic hydroxyl groups is 2. The SMILES string of the molecule is OCCC[C@@H](O)CCCCl. The van der Waals surface area contributed by atoms with E-state index in [1.807, 2.05) is 0 Å². The maximum Gasteiger partial charge on any atom is 0.0541 e. The fourth-order valence-electron chi connectivity index (χ4n) is 0.784. The van der Waals surface area contributed by atoms with Crippen molar-refractivity contribution in [1.82, 2.24) is 0 Å². The van der Waals surface area contributed by atoms with E-state index in [2.05, 4.69) is 0 Å². The predicted molar refractivity (Wildman–Crippen MR) is 42.3 cm³/mol. The lowest BCUT2D eigenvalue weighted by molar-refractivity contribution is 0.140. The van der Waals surface area contributed by atoms with Crippen molar-refractivity contribution in [1.29, 1.82) is 0 Å². The van der Waals surface area contributed by atoms with Gasteiger partial charge in [-0.3, -0.25) is 0 Å². The van der Waals surface area contributed by atoms with Crippen molar-refractivity contribution in [3.8, 4) is 0 Å². The summed E-state index contributed by atoms with van der Waals surface area (Å²) >= 11 is 5.42. The maximum atomic E-state index is 9.14. The Morgan fingerprint density at radius 2 is 1.80 bits per heavy atom. The Labute approximate surface area is 66.8 Å². The van der Waals surface area contributed by atoms with Crippen LogP contribution in [0.15, 0.2) is 0 Å². The molecule has 2 nitrogen and oxygen atoms in total. The van der Waals surface area contributed by atoms with Crippen LogP contribution in [0.2, 0.25) is 0 Å². The molecule has 0 aliphatic rings. The minimum atomic E-state index is -0.272. The van der Waals surface area contributed by atoms with Gasteiger partial charge in [0.1, 0.15) is 0 Å². The smallest absolute Gasteiger partial charge is 0.0541 e. The topological polar surface area (TPSA) is 40.5 Å². The Balaban J connectivity index is 3.00. The first kappa shape index (κ1) is 10.2. The van der Waals surface area contributed by atoms with Crippen LogP contribution in [-0.2, 0) is 0 Å². The average molecular weight is 167 g/mol. The standard InChI is InChI=1S/C7H15ClO2/c8-5-1-3-7(10)4-2-6-9/h7,9-10H,1-6H2/t7-/m0/s1. The third-order valence-corrected chi connectivity index (χ3v) is 1.63. The molecule has 0 radical (unpaired) electrons. The van der Waals surface area contributed by atoms with Crippen LogP contribution >= 0.6 is 11.6 Å². The molecule has 0 aromatic carbocycles. The summed E-state index contributed by atoms with van der Waals surface area (Å²) in [6.07, 6.45) is 2.71. The first-order valence-corrected chi connectivity index (χ1v) is 4.19. The van der Waals surface area contributed by atoms with E-state index in [1.54, 1.807) is 0 Å². The summed E-state index contributed by atoms with van der Waals surface area (Å²) in [5, 5.41) is 17.5. The van der Waals surface area contributed by atoms with Gasteiger partial charge < -0.3 is 10.2 Å². The van der Waals surface area contributed by atoms with Crippen LogP contribution in [-0.4, -0.2) is 28.8 Å². The fraction of sp³-hybridized carbons (Fsp3) is 1.00. The second-order valence-corrected chi connectivity index (χ2v) is 2.73. The van der Waals surface area contributed by atoms with Crippen LogP contribution in [0.3, 0.4) is 0 Å². The minimum Gasteiger partial charge on any atom is -0.396 e. The fourth-order valence-corrected chi connectivity index (χ4v) is 0.938. The number of halogens is 1. The predicted octanol–water partition coefficient (Wildman–Crippen LogP) is 1.14. The Kier molecular flexibility index (Phi) is 7.47. The zero-order valence-electron chi connectivity index (χ0n) is 6.09. The molecule has 0 rings (SSSR count).